The van der Waals surface area contributed by atoms with Crippen LogP contribution in [0, 0.1) is 0 Å². The van der Waals surface area contributed by atoms with Crippen molar-refractivity contribution in [2.75, 3.05) is 13.7 Å². The van der Waals surface area contributed by atoms with Crippen LogP contribution < -0.4 is 9.47 Å². The molecule has 2 aliphatic rings. The molecule has 0 saturated carbocycles. The number of fused-ring (bicyclic) bond motifs is 6. The van der Waals surface area contributed by atoms with Gasteiger partial charge in [-0.05, 0) is 65.4 Å². The van der Waals surface area contributed by atoms with Gasteiger partial charge >= 0.3 is 0 Å². The van der Waals surface area contributed by atoms with Crippen LogP contribution in [0.3, 0.4) is 0 Å². The fourth-order valence-electron chi connectivity index (χ4n) is 5.22. The number of aromatic amines is 1. The Bertz CT molecular complexity index is 1300. The Hall–Kier alpha value is -2.95. The lowest BCUT2D eigenvalue weighted by Gasteiger charge is -2.40. The maximum absolute atomic E-state index is 6.17. The summed E-state index contributed by atoms with van der Waals surface area (Å²) in [5.41, 5.74) is 7.86. The van der Waals surface area contributed by atoms with Gasteiger partial charge in [0.15, 0.2) is 11.5 Å². The highest BCUT2D eigenvalue weighted by Crippen LogP contribution is 2.43. The summed E-state index contributed by atoms with van der Waals surface area (Å²) in [4.78, 5) is 6.24. The molecule has 1 unspecified atom stereocenters. The topological polar surface area (TPSA) is 37.5 Å². The maximum atomic E-state index is 6.17. The summed E-state index contributed by atoms with van der Waals surface area (Å²) in [6.45, 7) is 2.50. The van der Waals surface area contributed by atoms with Crippen molar-refractivity contribution in [2.24, 2.45) is 0 Å². The van der Waals surface area contributed by atoms with E-state index in [4.69, 9.17) is 21.1 Å². The Balaban J connectivity index is 1.32. The highest BCUT2D eigenvalue weighted by atomic mass is 35.5. The number of para-hydroxylation sites is 1. The molecule has 5 heteroatoms. The number of nitrogens with zero attached hydrogens (tertiary/aromatic N) is 1. The first-order valence-electron chi connectivity index (χ1n) is 11.1. The molecule has 0 fully saturated rings. The zero-order valence-corrected chi connectivity index (χ0v) is 18.8. The summed E-state index contributed by atoms with van der Waals surface area (Å²) in [5.74, 6) is 1.60. The normalized spacial score (nSPS) is 17.5. The molecule has 1 aromatic heterocycles. The van der Waals surface area contributed by atoms with Crippen LogP contribution in [0.15, 0.2) is 60.7 Å². The lowest BCUT2D eigenvalue weighted by atomic mass is 9.85. The number of ether oxygens (including phenoxy) is 2. The number of halogens is 1. The maximum Gasteiger partial charge on any atom is 0.161 e. The number of rotatable bonds is 4. The van der Waals surface area contributed by atoms with Gasteiger partial charge in [0.1, 0.15) is 6.61 Å². The van der Waals surface area contributed by atoms with Gasteiger partial charge in [0, 0.05) is 40.8 Å². The van der Waals surface area contributed by atoms with Crippen LogP contribution in [-0.2, 0) is 26.0 Å². The summed E-state index contributed by atoms with van der Waals surface area (Å²) >= 11 is 6.00. The number of hydrogen-bond donors (Lipinski definition) is 1. The summed E-state index contributed by atoms with van der Waals surface area (Å²) in [5, 5.41) is 2.08. The molecular formula is C27H25ClN2O2. The van der Waals surface area contributed by atoms with E-state index in [0.29, 0.717) is 12.6 Å². The Morgan fingerprint density at radius 3 is 2.75 bits per heavy atom. The van der Waals surface area contributed by atoms with Gasteiger partial charge in [-0.2, -0.15) is 0 Å². The molecule has 1 N–H and O–H groups in total. The second kappa shape index (κ2) is 7.88. The molecule has 0 bridgehead atoms. The smallest absolute Gasteiger partial charge is 0.161 e. The highest BCUT2D eigenvalue weighted by molar-refractivity contribution is 6.30. The molecule has 1 atom stereocenters. The number of H-pyrrole nitrogens is 1. The number of hydrogen-bond acceptors (Lipinski definition) is 3. The van der Waals surface area contributed by atoms with E-state index < -0.39 is 0 Å². The molecule has 0 aliphatic carbocycles. The van der Waals surface area contributed by atoms with Crippen molar-refractivity contribution in [2.45, 2.75) is 32.0 Å². The molecule has 3 heterocycles. The first-order valence-corrected chi connectivity index (χ1v) is 11.5. The minimum atomic E-state index is 0.365. The fraction of sp³-hybridized carbons (Fsp3) is 0.259. The zero-order valence-electron chi connectivity index (χ0n) is 18.0. The Morgan fingerprint density at radius 2 is 1.91 bits per heavy atom. The average Bonchev–Trinajstić information content (AvgIpc) is 3.19. The van der Waals surface area contributed by atoms with Crippen molar-refractivity contribution >= 4 is 22.5 Å². The van der Waals surface area contributed by atoms with E-state index in [-0.39, 0.29) is 0 Å². The van der Waals surface area contributed by atoms with Crippen molar-refractivity contribution in [3.05, 3.63) is 93.6 Å². The third-order valence-corrected chi connectivity index (χ3v) is 7.11. The molecule has 162 valence electrons. The van der Waals surface area contributed by atoms with Crippen molar-refractivity contribution < 1.29 is 9.47 Å². The van der Waals surface area contributed by atoms with Crippen LogP contribution in [0.4, 0.5) is 0 Å². The molecule has 6 rings (SSSR count). The molecule has 0 spiro atoms. The number of aromatic nitrogens is 1. The summed E-state index contributed by atoms with van der Waals surface area (Å²) in [6, 6.07) is 21.2. The van der Waals surface area contributed by atoms with Crippen molar-refractivity contribution in [3.8, 4) is 11.5 Å². The number of benzene rings is 3. The molecule has 3 aromatic carbocycles. The van der Waals surface area contributed by atoms with Crippen molar-refractivity contribution in [1.29, 1.82) is 0 Å². The van der Waals surface area contributed by atoms with Gasteiger partial charge in [0.25, 0.3) is 0 Å². The Kier molecular flexibility index (Phi) is 4.85. The van der Waals surface area contributed by atoms with Gasteiger partial charge in [0.2, 0.25) is 0 Å². The van der Waals surface area contributed by atoms with Crippen LogP contribution in [-0.4, -0.2) is 23.5 Å². The molecule has 2 aliphatic heterocycles. The molecule has 4 nitrogen and oxygen atoms in total. The average molecular weight is 445 g/mol. The van der Waals surface area contributed by atoms with Crippen LogP contribution in [0.25, 0.3) is 10.9 Å². The second-order valence-corrected chi connectivity index (χ2v) is 9.12. The van der Waals surface area contributed by atoms with E-state index in [9.17, 15) is 0 Å². The van der Waals surface area contributed by atoms with Gasteiger partial charge in [-0.1, -0.05) is 41.9 Å². The minimum Gasteiger partial charge on any atom is -0.493 e. The number of nitrogens with one attached hydrogen (secondary N) is 1. The molecule has 4 aromatic rings. The first-order chi connectivity index (χ1) is 15.7. The SMILES string of the molecule is COc1cc2c(cc1OCc1ccc(Cl)cc1)CCN1Cc3[nH]c4ccccc4c3CC21. The van der Waals surface area contributed by atoms with Crippen LogP contribution in [0.1, 0.15) is 34.0 Å². The third kappa shape index (κ3) is 3.35. The Labute approximate surface area is 192 Å². The van der Waals surface area contributed by atoms with Gasteiger partial charge in [-0.3, -0.25) is 4.90 Å². The monoisotopic (exact) mass is 444 g/mol. The van der Waals surface area contributed by atoms with Gasteiger partial charge in [-0.15, -0.1) is 0 Å². The standard InChI is InChI=1S/C27H25ClN2O2/c1-31-26-14-21-18(12-27(26)32-16-17-6-8-19(28)9-7-17)10-11-30-15-24-22(13-25(21)30)20-4-2-3-5-23(20)29-24/h2-9,12,14,25,29H,10-11,13,15-16H2,1H3. The minimum absolute atomic E-state index is 0.365. The van der Waals surface area contributed by atoms with Crippen molar-refractivity contribution in [1.82, 2.24) is 9.88 Å². The van der Waals surface area contributed by atoms with Crippen LogP contribution in [0.5, 0.6) is 11.5 Å². The highest BCUT2D eigenvalue weighted by Gasteiger charge is 2.34. The van der Waals surface area contributed by atoms with E-state index in [1.807, 2.05) is 24.3 Å². The van der Waals surface area contributed by atoms with Gasteiger partial charge in [-0.25, -0.2) is 0 Å². The summed E-state index contributed by atoms with van der Waals surface area (Å²) in [7, 11) is 1.72. The fourth-order valence-corrected chi connectivity index (χ4v) is 5.35. The van der Waals surface area contributed by atoms with Crippen LogP contribution in [0.2, 0.25) is 5.02 Å². The zero-order chi connectivity index (χ0) is 21.7. The summed E-state index contributed by atoms with van der Waals surface area (Å²) < 4.78 is 11.9. The molecular weight excluding hydrogens is 420 g/mol. The first kappa shape index (κ1) is 19.7. The predicted octanol–water partition coefficient (Wildman–Crippen LogP) is 6.06. The van der Waals surface area contributed by atoms with E-state index in [0.717, 1.165) is 48.0 Å². The van der Waals surface area contributed by atoms with E-state index >= 15 is 0 Å². The van der Waals surface area contributed by atoms with E-state index in [1.54, 1.807) is 7.11 Å². The van der Waals surface area contributed by atoms with E-state index in [1.165, 1.54) is 33.3 Å². The molecule has 0 saturated heterocycles. The lowest BCUT2D eigenvalue weighted by Crippen LogP contribution is -2.39. The third-order valence-electron chi connectivity index (χ3n) is 6.86. The quantitative estimate of drug-likeness (QED) is 0.415. The molecule has 32 heavy (non-hydrogen) atoms. The van der Waals surface area contributed by atoms with Gasteiger partial charge < -0.3 is 14.5 Å². The predicted molar refractivity (Wildman–Crippen MR) is 128 cm³/mol. The largest absolute Gasteiger partial charge is 0.493 e. The summed E-state index contributed by atoms with van der Waals surface area (Å²) in [6.07, 6.45) is 2.03. The molecule has 0 radical (unpaired) electrons. The molecule has 0 amide bonds. The van der Waals surface area contributed by atoms with Gasteiger partial charge in [0.05, 0.1) is 7.11 Å². The second-order valence-electron chi connectivity index (χ2n) is 8.69. The van der Waals surface area contributed by atoms with Crippen LogP contribution >= 0.6 is 11.6 Å². The Morgan fingerprint density at radius 1 is 1.06 bits per heavy atom. The lowest BCUT2D eigenvalue weighted by molar-refractivity contribution is 0.158. The number of methoxy groups -OCH3 is 1. The van der Waals surface area contributed by atoms with E-state index in [2.05, 4.69) is 46.3 Å². The van der Waals surface area contributed by atoms with Crippen molar-refractivity contribution in [3.63, 3.8) is 0 Å².